The molecule has 1 aliphatic carbocycles. The van der Waals surface area contributed by atoms with Crippen LogP contribution < -0.4 is 9.47 Å². The lowest BCUT2D eigenvalue weighted by molar-refractivity contribution is -0.480. The van der Waals surface area contributed by atoms with Crippen LogP contribution in [-0.2, 0) is 26.1 Å². The van der Waals surface area contributed by atoms with Gasteiger partial charge in [-0.15, -0.1) is 12.6 Å². The van der Waals surface area contributed by atoms with Gasteiger partial charge in [0.1, 0.15) is 16.4 Å². The Morgan fingerprint density at radius 1 is 0.767 bits per heavy atom. The average Bonchev–Trinajstić information content (AvgIpc) is 2.82. The van der Waals surface area contributed by atoms with E-state index in [-0.39, 0.29) is 43.3 Å². The van der Waals surface area contributed by atoms with E-state index in [2.05, 4.69) is 9.47 Å². The molecule has 0 aliphatic heterocycles. The van der Waals surface area contributed by atoms with Crippen LogP contribution in [0.3, 0.4) is 0 Å². The number of rotatable bonds is 6. The first-order valence-corrected chi connectivity index (χ1v) is 13.0. The van der Waals surface area contributed by atoms with Gasteiger partial charge in [0.25, 0.3) is 15.8 Å². The molecule has 1 aliphatic rings. The van der Waals surface area contributed by atoms with Crippen molar-refractivity contribution >= 4 is 20.7 Å². The van der Waals surface area contributed by atoms with Crippen LogP contribution in [0.2, 0.25) is 0 Å². The molecule has 0 aromatic heterocycles. The quantitative estimate of drug-likeness (QED) is 0.317. The first-order valence-electron chi connectivity index (χ1n) is 10.6. The topological polar surface area (TPSA) is 124 Å². The number of ether oxygens (including phenoxy) is 2. The van der Waals surface area contributed by atoms with Crippen molar-refractivity contribution < 1.29 is 87.8 Å². The molecule has 1 fully saturated rings. The highest BCUT2D eigenvalue weighted by atomic mass is 32.2. The number of benzene rings is 2. The van der Waals surface area contributed by atoms with Gasteiger partial charge in [0.2, 0.25) is 5.41 Å². The highest BCUT2D eigenvalue weighted by molar-refractivity contribution is 7.86. The molecule has 43 heavy (non-hydrogen) atoms. The summed E-state index contributed by atoms with van der Waals surface area (Å²) in [7, 11) is -7.76. The van der Waals surface area contributed by atoms with Gasteiger partial charge in [-0.3, -0.25) is 4.55 Å². The van der Waals surface area contributed by atoms with Gasteiger partial charge in [0.05, 0.1) is 7.11 Å². The molecule has 1 N–H and O–H groups in total. The second-order valence-corrected chi connectivity index (χ2v) is 10.5. The SMILES string of the molecule is COc1ccc(C(c2ccc(OC3(F)C(C)(F)C(F)(F)C3(F)F)cc2)(C(F)(F)F)C(F)(F)F)cc1S(=O)(=O)O.O=S(=O)=O. The van der Waals surface area contributed by atoms with E-state index in [1.165, 1.54) is 0 Å². The Balaban J connectivity index is 0.00000151. The molecule has 0 spiro atoms. The average molecular weight is 686 g/mol. The zero-order valence-electron chi connectivity index (χ0n) is 20.7. The lowest BCUT2D eigenvalue weighted by Gasteiger charge is -2.55. The predicted molar refractivity (Wildman–Crippen MR) is 116 cm³/mol. The third kappa shape index (κ3) is 5.36. The number of methoxy groups -OCH3 is 1. The van der Waals surface area contributed by atoms with Crippen molar-refractivity contribution in [2.24, 2.45) is 0 Å². The van der Waals surface area contributed by atoms with E-state index >= 15 is 0 Å². The third-order valence-electron chi connectivity index (χ3n) is 6.26. The molecule has 8 nitrogen and oxygen atoms in total. The molecular formula is C21H14F12O8S2. The van der Waals surface area contributed by atoms with Gasteiger partial charge >= 0.3 is 40.7 Å². The summed E-state index contributed by atoms with van der Waals surface area (Å²) in [6, 6.07) is 0.402. The highest BCUT2D eigenvalue weighted by Crippen LogP contribution is 2.68. The molecule has 0 heterocycles. The van der Waals surface area contributed by atoms with Crippen molar-refractivity contribution in [3.63, 3.8) is 0 Å². The van der Waals surface area contributed by atoms with E-state index in [9.17, 15) is 65.7 Å². The van der Waals surface area contributed by atoms with Crippen LogP contribution in [0.4, 0.5) is 52.7 Å². The summed E-state index contributed by atoms with van der Waals surface area (Å²) >= 11 is 0. The Morgan fingerprint density at radius 3 is 1.53 bits per heavy atom. The minimum absolute atomic E-state index is 0.0540. The van der Waals surface area contributed by atoms with E-state index in [0.29, 0.717) is 6.07 Å². The zero-order chi connectivity index (χ0) is 33.8. The van der Waals surface area contributed by atoms with Crippen molar-refractivity contribution in [3.8, 4) is 11.5 Å². The number of hydrogen-bond acceptors (Lipinski definition) is 7. The first kappa shape index (κ1) is 35.9. The van der Waals surface area contributed by atoms with Crippen LogP contribution in [0.5, 0.6) is 11.5 Å². The summed E-state index contributed by atoms with van der Waals surface area (Å²) < 4.78 is 235. The maximum Gasteiger partial charge on any atom is 0.425 e. The summed E-state index contributed by atoms with van der Waals surface area (Å²) in [5.74, 6) is -18.6. The molecule has 1 saturated carbocycles. The molecule has 242 valence electrons. The molecule has 2 unspecified atom stereocenters. The smallest absolute Gasteiger partial charge is 0.425 e. The summed E-state index contributed by atoms with van der Waals surface area (Å²) in [6.07, 6.45) is -12.6. The predicted octanol–water partition coefficient (Wildman–Crippen LogP) is 5.41. The second-order valence-electron chi connectivity index (χ2n) is 8.66. The normalized spacial score (nSPS) is 23.3. The molecule has 2 aromatic carbocycles. The van der Waals surface area contributed by atoms with E-state index in [4.69, 9.17) is 12.6 Å². The fourth-order valence-corrected chi connectivity index (χ4v) is 4.80. The van der Waals surface area contributed by atoms with Crippen LogP contribution >= 0.6 is 0 Å². The molecule has 0 radical (unpaired) electrons. The highest BCUT2D eigenvalue weighted by Gasteiger charge is 2.98. The molecule has 2 aromatic rings. The van der Waals surface area contributed by atoms with Gasteiger partial charge in [-0.1, -0.05) is 18.2 Å². The van der Waals surface area contributed by atoms with E-state index in [1.807, 2.05) is 0 Å². The molecule has 2 atom stereocenters. The first-order chi connectivity index (χ1) is 19.1. The summed E-state index contributed by atoms with van der Waals surface area (Å²) in [5.41, 5.74) is -13.3. The van der Waals surface area contributed by atoms with Crippen molar-refractivity contribution in [2.75, 3.05) is 7.11 Å². The number of alkyl halides is 12. The third-order valence-corrected chi connectivity index (χ3v) is 7.14. The van der Waals surface area contributed by atoms with Crippen LogP contribution in [0, 0.1) is 0 Å². The van der Waals surface area contributed by atoms with Gasteiger partial charge in [-0.2, -0.15) is 56.7 Å². The van der Waals surface area contributed by atoms with Gasteiger partial charge in [0.15, 0.2) is 0 Å². The minimum atomic E-state index is -6.32. The fraction of sp³-hybridized carbons (Fsp3) is 0.429. The summed E-state index contributed by atoms with van der Waals surface area (Å²) in [6.45, 7) is -0.284. The van der Waals surface area contributed by atoms with Crippen LogP contribution in [0.25, 0.3) is 0 Å². The van der Waals surface area contributed by atoms with Crippen molar-refractivity contribution in [1.29, 1.82) is 0 Å². The molecular weight excluding hydrogens is 672 g/mol. The largest absolute Gasteiger partial charge is 0.495 e. The van der Waals surface area contributed by atoms with Crippen molar-refractivity contribution in [2.45, 2.75) is 53.0 Å². The molecule has 0 saturated heterocycles. The molecule has 0 bridgehead atoms. The Kier molecular flexibility index (Phi) is 8.95. The Morgan fingerprint density at radius 2 is 1.19 bits per heavy atom. The van der Waals surface area contributed by atoms with Crippen LogP contribution in [0.1, 0.15) is 18.1 Å². The number of hydrogen-bond donors (Lipinski definition) is 1. The monoisotopic (exact) mass is 686 g/mol. The fourth-order valence-electron chi connectivity index (χ4n) is 4.12. The van der Waals surface area contributed by atoms with Crippen molar-refractivity contribution in [3.05, 3.63) is 53.6 Å². The lowest BCUT2D eigenvalue weighted by atomic mass is 9.69. The minimum Gasteiger partial charge on any atom is -0.495 e. The van der Waals surface area contributed by atoms with Gasteiger partial charge in [-0.05, 0) is 42.3 Å². The van der Waals surface area contributed by atoms with E-state index < -0.39 is 89.4 Å². The second kappa shape index (κ2) is 10.7. The van der Waals surface area contributed by atoms with Crippen molar-refractivity contribution in [1.82, 2.24) is 0 Å². The Labute approximate surface area is 234 Å². The maximum absolute atomic E-state index is 14.6. The lowest BCUT2D eigenvalue weighted by Crippen LogP contribution is -2.86. The van der Waals surface area contributed by atoms with Gasteiger partial charge in [0, 0.05) is 0 Å². The summed E-state index contributed by atoms with van der Waals surface area (Å²) in [4.78, 5) is -1.48. The van der Waals surface area contributed by atoms with Crippen LogP contribution in [0.15, 0.2) is 47.4 Å². The number of halogens is 12. The molecule has 3 rings (SSSR count). The molecule has 0 amide bonds. The van der Waals surface area contributed by atoms with Crippen LogP contribution in [-0.4, -0.2) is 68.4 Å². The van der Waals surface area contributed by atoms with E-state index in [0.717, 1.165) is 7.11 Å². The van der Waals surface area contributed by atoms with Gasteiger partial charge in [-0.25, -0.2) is 4.39 Å². The van der Waals surface area contributed by atoms with E-state index in [1.54, 1.807) is 0 Å². The zero-order valence-corrected chi connectivity index (χ0v) is 22.3. The maximum atomic E-state index is 14.6. The summed E-state index contributed by atoms with van der Waals surface area (Å²) in [5, 5.41) is 0. The Hall–Kier alpha value is -3.27. The Bertz CT molecular complexity index is 1550. The van der Waals surface area contributed by atoms with Gasteiger partial charge < -0.3 is 9.47 Å². The molecule has 22 heteroatoms. The standard InChI is InChI=1S/C21H14F12O5S.O3S/c1-15(22)17(23,24)18(25,26)19(15,27)38-12-6-3-10(4-7-12)16(20(28,29)30,21(31,32)33)11-5-8-13(37-2)14(9-11)39(34,35)36;1-4(2)3/h3-9H,1-2H3,(H,34,35,36);.